The van der Waals surface area contributed by atoms with Gasteiger partial charge in [-0.1, -0.05) is 30.3 Å². The van der Waals surface area contributed by atoms with Gasteiger partial charge in [0.25, 0.3) is 0 Å². The van der Waals surface area contributed by atoms with Crippen LogP contribution >= 0.6 is 11.6 Å². The first-order valence-corrected chi connectivity index (χ1v) is 7.07. The molecule has 0 spiro atoms. The van der Waals surface area contributed by atoms with Crippen molar-refractivity contribution in [3.8, 4) is 5.75 Å². The molecule has 0 aromatic heterocycles. The Morgan fingerprint density at radius 1 is 1.00 bits per heavy atom. The lowest BCUT2D eigenvalue weighted by molar-refractivity contribution is 0.322. The summed E-state index contributed by atoms with van der Waals surface area (Å²) in [6.45, 7) is 1.71. The highest BCUT2D eigenvalue weighted by Crippen LogP contribution is 2.37. The van der Waals surface area contributed by atoms with Gasteiger partial charge >= 0.3 is 0 Å². The zero-order chi connectivity index (χ0) is 13.1. The van der Waals surface area contributed by atoms with E-state index < -0.39 is 0 Å². The highest BCUT2D eigenvalue weighted by atomic mass is 35.5. The van der Waals surface area contributed by atoms with Gasteiger partial charge in [-0.05, 0) is 30.2 Å². The molecule has 0 amide bonds. The summed E-state index contributed by atoms with van der Waals surface area (Å²) in [6, 6.07) is 16.5. The van der Waals surface area contributed by atoms with E-state index in [4.69, 9.17) is 16.3 Å². The normalized spacial score (nSPS) is 14.5. The van der Waals surface area contributed by atoms with Gasteiger partial charge in [0.15, 0.2) is 0 Å². The number of hydrogen-bond acceptors (Lipinski definition) is 2. The molecule has 0 saturated carbocycles. The molecule has 0 aliphatic carbocycles. The fraction of sp³-hybridized carbons (Fsp3) is 0.250. The maximum absolute atomic E-state index is 6.06. The Balaban J connectivity index is 2.09. The first-order chi connectivity index (χ1) is 9.40. The van der Waals surface area contributed by atoms with E-state index in [9.17, 15) is 0 Å². The van der Waals surface area contributed by atoms with Gasteiger partial charge < -0.3 is 9.64 Å². The smallest absolute Gasteiger partial charge is 0.142 e. The van der Waals surface area contributed by atoms with E-state index >= 15 is 0 Å². The number of fused-ring (bicyclic) bond motifs is 1. The number of hydrogen-bond donors (Lipinski definition) is 0. The summed E-state index contributed by atoms with van der Waals surface area (Å²) in [5, 5.41) is 0. The molecule has 0 saturated heterocycles. The molecule has 3 rings (SSSR count). The molecule has 0 unspecified atom stereocenters. The van der Waals surface area contributed by atoms with Crippen molar-refractivity contribution in [3.63, 3.8) is 0 Å². The van der Waals surface area contributed by atoms with Crippen LogP contribution in [0.3, 0.4) is 0 Å². The van der Waals surface area contributed by atoms with Crippen LogP contribution in [0.5, 0.6) is 5.75 Å². The van der Waals surface area contributed by atoms with Crippen molar-refractivity contribution < 1.29 is 4.74 Å². The van der Waals surface area contributed by atoms with Crippen LogP contribution in [0.25, 0.3) is 0 Å². The number of anilines is 2. The van der Waals surface area contributed by atoms with E-state index in [1.165, 1.54) is 5.69 Å². The average Bonchev–Trinajstić information content (AvgIpc) is 2.69. The number of halogens is 1. The molecule has 0 bridgehead atoms. The number of benzene rings is 2. The Kier molecular flexibility index (Phi) is 3.60. The van der Waals surface area contributed by atoms with Crippen molar-refractivity contribution in [2.45, 2.75) is 12.3 Å². The molecule has 2 nitrogen and oxygen atoms in total. The third-order valence-electron chi connectivity index (χ3n) is 3.37. The lowest BCUT2D eigenvalue weighted by Crippen LogP contribution is -2.18. The van der Waals surface area contributed by atoms with Crippen LogP contribution in [0.4, 0.5) is 11.4 Å². The summed E-state index contributed by atoms with van der Waals surface area (Å²) in [5.74, 6) is 1.47. The van der Waals surface area contributed by atoms with Crippen LogP contribution in [0.1, 0.15) is 12.0 Å². The van der Waals surface area contributed by atoms with Gasteiger partial charge in [-0.3, -0.25) is 0 Å². The van der Waals surface area contributed by atoms with Crippen molar-refractivity contribution in [1.29, 1.82) is 0 Å². The summed E-state index contributed by atoms with van der Waals surface area (Å²) in [7, 11) is 0. The quantitative estimate of drug-likeness (QED) is 0.755. The summed E-state index contributed by atoms with van der Waals surface area (Å²) < 4.78 is 5.80. The third-order valence-corrected chi connectivity index (χ3v) is 3.65. The lowest BCUT2D eigenvalue weighted by atomic mass is 10.1. The van der Waals surface area contributed by atoms with E-state index in [1.54, 1.807) is 0 Å². The van der Waals surface area contributed by atoms with E-state index in [1.807, 2.05) is 24.3 Å². The first-order valence-electron chi connectivity index (χ1n) is 6.53. The number of rotatable bonds is 2. The second kappa shape index (κ2) is 5.54. The van der Waals surface area contributed by atoms with Crippen LogP contribution in [-0.4, -0.2) is 13.2 Å². The van der Waals surface area contributed by atoms with Crippen LogP contribution in [0.15, 0.2) is 48.5 Å². The van der Waals surface area contributed by atoms with Gasteiger partial charge in [-0.2, -0.15) is 0 Å². The summed E-state index contributed by atoms with van der Waals surface area (Å²) in [6.07, 6.45) is 1.01. The molecule has 2 aromatic rings. The van der Waals surface area contributed by atoms with Crippen LogP contribution < -0.4 is 9.64 Å². The minimum Gasteiger partial charge on any atom is -0.491 e. The first kappa shape index (κ1) is 12.4. The predicted molar refractivity (Wildman–Crippen MR) is 79.6 cm³/mol. The van der Waals surface area contributed by atoms with Crippen molar-refractivity contribution in [2.24, 2.45) is 0 Å². The van der Waals surface area contributed by atoms with Crippen molar-refractivity contribution >= 4 is 23.0 Å². The SMILES string of the molecule is ClCc1ccccc1N1CCCOc2ccccc21. The standard InChI is InChI=1S/C16H16ClNO/c17-12-13-6-1-2-7-14(13)18-10-5-11-19-16-9-4-3-8-15(16)18/h1-4,6-9H,5,10-12H2. The van der Waals surface area contributed by atoms with E-state index in [2.05, 4.69) is 29.2 Å². The van der Waals surface area contributed by atoms with E-state index in [-0.39, 0.29) is 0 Å². The maximum atomic E-state index is 6.06. The van der Waals surface area contributed by atoms with Gasteiger partial charge in [-0.25, -0.2) is 0 Å². The molecular weight excluding hydrogens is 258 g/mol. The summed E-state index contributed by atoms with van der Waals surface area (Å²) in [4.78, 5) is 2.31. The Hall–Kier alpha value is -1.67. The molecule has 1 aliphatic heterocycles. The van der Waals surface area contributed by atoms with Gasteiger partial charge in [-0.15, -0.1) is 11.6 Å². The Morgan fingerprint density at radius 2 is 1.74 bits per heavy atom. The molecular formula is C16H16ClNO. The molecule has 1 aliphatic rings. The highest BCUT2D eigenvalue weighted by Gasteiger charge is 2.18. The fourth-order valence-electron chi connectivity index (χ4n) is 2.46. The molecule has 0 fully saturated rings. The second-order valence-electron chi connectivity index (χ2n) is 4.58. The summed E-state index contributed by atoms with van der Waals surface area (Å²) >= 11 is 6.06. The maximum Gasteiger partial charge on any atom is 0.142 e. The molecule has 0 radical (unpaired) electrons. The lowest BCUT2D eigenvalue weighted by Gasteiger charge is -2.25. The fourth-order valence-corrected chi connectivity index (χ4v) is 2.69. The minimum absolute atomic E-state index is 0.524. The highest BCUT2D eigenvalue weighted by molar-refractivity contribution is 6.17. The average molecular weight is 274 g/mol. The Morgan fingerprint density at radius 3 is 2.58 bits per heavy atom. The topological polar surface area (TPSA) is 12.5 Å². The molecule has 19 heavy (non-hydrogen) atoms. The molecule has 98 valence electrons. The zero-order valence-electron chi connectivity index (χ0n) is 10.7. The number of ether oxygens (including phenoxy) is 1. The Bertz CT molecular complexity index is 570. The largest absolute Gasteiger partial charge is 0.491 e. The van der Waals surface area contributed by atoms with Crippen molar-refractivity contribution in [2.75, 3.05) is 18.1 Å². The second-order valence-corrected chi connectivity index (χ2v) is 4.85. The molecule has 0 atom stereocenters. The number of alkyl halides is 1. The van der Waals surface area contributed by atoms with Gasteiger partial charge in [0.2, 0.25) is 0 Å². The van der Waals surface area contributed by atoms with Gasteiger partial charge in [0.1, 0.15) is 5.75 Å². The Labute approximate surface area is 118 Å². The molecule has 0 N–H and O–H groups in total. The van der Waals surface area contributed by atoms with Crippen LogP contribution in [0.2, 0.25) is 0 Å². The van der Waals surface area contributed by atoms with E-state index in [0.717, 1.165) is 36.6 Å². The van der Waals surface area contributed by atoms with Crippen LogP contribution in [0, 0.1) is 0 Å². The third kappa shape index (κ3) is 2.41. The van der Waals surface area contributed by atoms with Crippen molar-refractivity contribution in [1.82, 2.24) is 0 Å². The van der Waals surface area contributed by atoms with Gasteiger partial charge in [0, 0.05) is 18.1 Å². The van der Waals surface area contributed by atoms with Crippen LogP contribution in [-0.2, 0) is 5.88 Å². The minimum atomic E-state index is 0.524. The zero-order valence-corrected chi connectivity index (χ0v) is 11.4. The predicted octanol–water partition coefficient (Wildman–Crippen LogP) is 4.35. The molecule has 2 aromatic carbocycles. The van der Waals surface area contributed by atoms with Crippen molar-refractivity contribution in [3.05, 3.63) is 54.1 Å². The summed E-state index contributed by atoms with van der Waals surface area (Å²) in [5.41, 5.74) is 3.45. The van der Waals surface area contributed by atoms with Gasteiger partial charge in [0.05, 0.1) is 12.3 Å². The molecule has 1 heterocycles. The van der Waals surface area contributed by atoms with E-state index in [0.29, 0.717) is 5.88 Å². The monoisotopic (exact) mass is 273 g/mol. The molecule has 3 heteroatoms. The number of nitrogens with zero attached hydrogens (tertiary/aromatic N) is 1. The number of para-hydroxylation sites is 3.